The van der Waals surface area contributed by atoms with Crippen LogP contribution in [0.25, 0.3) is 0 Å². The van der Waals surface area contributed by atoms with Crippen molar-refractivity contribution in [2.75, 3.05) is 28.8 Å². The van der Waals surface area contributed by atoms with Gasteiger partial charge in [-0.1, -0.05) is 89.5 Å². The van der Waals surface area contributed by atoms with Crippen LogP contribution in [0.1, 0.15) is 147 Å². The van der Waals surface area contributed by atoms with Crippen molar-refractivity contribution in [3.63, 3.8) is 0 Å². The summed E-state index contributed by atoms with van der Waals surface area (Å²) in [6.07, 6.45) is -2.72. The number of hydrogen-bond donors (Lipinski definition) is 12. The molecule has 0 fully saturated rings. The van der Waals surface area contributed by atoms with Gasteiger partial charge in [0.2, 0.25) is 0 Å². The van der Waals surface area contributed by atoms with E-state index in [1.165, 1.54) is 48.5 Å². The lowest BCUT2D eigenvalue weighted by atomic mass is 9.46. The molecule has 0 bridgehead atoms. The van der Waals surface area contributed by atoms with E-state index in [1.807, 2.05) is 0 Å². The monoisotopic (exact) mass is 1370 g/mol. The van der Waals surface area contributed by atoms with E-state index < -0.39 is 214 Å². The van der Waals surface area contributed by atoms with Crippen LogP contribution in [0, 0.1) is 70.0 Å². The van der Waals surface area contributed by atoms with Crippen molar-refractivity contribution in [1.82, 2.24) is 0 Å². The Morgan fingerprint density at radius 3 is 0.898 bits per heavy atom. The summed E-state index contributed by atoms with van der Waals surface area (Å²) in [4.78, 5) is 167. The zero-order valence-electron chi connectivity index (χ0n) is 52.1. The Hall–Kier alpha value is -4.26. The largest absolute Gasteiger partial charge is 0.481 e. The Kier molecular flexibility index (Phi) is 37.3. The first kappa shape index (κ1) is 83.7. The standard InChI is InChI=1S/C58H94O24S6/c1-13-18-38(54(79)80)88-58(55(81)82,43(33(11)49(69)70)87-27-30(8)46(63)64)57(41(31(9)47(65)66)85-25-28(6)44(59)60,42(32(10)48(67)68)86-26-29(7)45(61)62)56(12,39(23-36(16-4)52(75)76)83-21-19-34(14-2)50(71)72)40(24-37(17-5)53(77)78)84-22-20-35(15-3)51(73)74/h28-43H,13-27H2,1-12H3,(H,59,60)(H,61,62)(H,63,64)(H,65,66)(H,67,68)(H,69,70)(H,71,72)(H,73,74)(H,75,76)(H,77,78)(H,79,80)(H,81,82). The van der Waals surface area contributed by atoms with Crippen LogP contribution in [0.2, 0.25) is 0 Å². The fourth-order valence-electron chi connectivity index (χ4n) is 11.2. The molecule has 0 radical (unpaired) electrons. The van der Waals surface area contributed by atoms with Crippen molar-refractivity contribution in [3.8, 4) is 0 Å². The number of aliphatic carboxylic acids is 12. The van der Waals surface area contributed by atoms with E-state index in [2.05, 4.69) is 0 Å². The molecule has 0 heterocycles. The van der Waals surface area contributed by atoms with Crippen LogP contribution >= 0.6 is 70.6 Å². The number of carboxylic acids is 12. The lowest BCUT2D eigenvalue weighted by Gasteiger charge is -2.70. The third-order valence-electron chi connectivity index (χ3n) is 16.9. The molecule has 0 amide bonds. The predicted octanol–water partition coefficient (Wildman–Crippen LogP) is 9.63. The third-order valence-corrected chi connectivity index (χ3v) is 27.5. The van der Waals surface area contributed by atoms with Gasteiger partial charge in [0.25, 0.3) is 0 Å². The quantitative estimate of drug-likeness (QED) is 0.0269. The first-order valence-electron chi connectivity index (χ1n) is 29.3. The maximum absolute atomic E-state index is 16.6. The van der Waals surface area contributed by atoms with Gasteiger partial charge < -0.3 is 61.3 Å². The summed E-state index contributed by atoms with van der Waals surface area (Å²) in [6.45, 7) is 15.7. The van der Waals surface area contributed by atoms with E-state index in [9.17, 15) is 114 Å². The van der Waals surface area contributed by atoms with E-state index >= 15 is 4.79 Å². The van der Waals surface area contributed by atoms with Crippen molar-refractivity contribution < 1.29 is 119 Å². The molecule has 0 aromatic carbocycles. The van der Waals surface area contributed by atoms with Crippen molar-refractivity contribution in [2.24, 2.45) is 70.0 Å². The molecule has 12 N–H and O–H groups in total. The summed E-state index contributed by atoms with van der Waals surface area (Å²) in [7, 11) is 0. The average Bonchev–Trinajstić information content (AvgIpc) is 0.681. The molecule has 0 aromatic heterocycles. The number of carboxylic acid groups (broad SMARTS) is 12. The van der Waals surface area contributed by atoms with Crippen LogP contribution in [-0.2, 0) is 57.5 Å². The minimum atomic E-state index is -3.48. The molecule has 17 atom stereocenters. The zero-order valence-corrected chi connectivity index (χ0v) is 57.0. The van der Waals surface area contributed by atoms with E-state index in [0.717, 1.165) is 44.3 Å². The number of hydrogen-bond acceptors (Lipinski definition) is 18. The van der Waals surface area contributed by atoms with Gasteiger partial charge in [-0.2, -0.15) is 58.8 Å². The highest BCUT2D eigenvalue weighted by Gasteiger charge is 2.79. The summed E-state index contributed by atoms with van der Waals surface area (Å²) in [6, 6.07) is 0. The van der Waals surface area contributed by atoms with Crippen LogP contribution in [-0.4, -0.2) is 198 Å². The lowest BCUT2D eigenvalue weighted by Crippen LogP contribution is -2.79. The van der Waals surface area contributed by atoms with Gasteiger partial charge in [-0.15, -0.1) is 11.8 Å². The highest BCUT2D eigenvalue weighted by atomic mass is 32.2. The van der Waals surface area contributed by atoms with E-state index in [1.54, 1.807) is 13.8 Å². The molecule has 0 spiro atoms. The van der Waals surface area contributed by atoms with Gasteiger partial charge in [0.1, 0.15) is 10.00 Å². The molecular weight excluding hydrogens is 1270 g/mol. The third kappa shape index (κ3) is 21.7. The second kappa shape index (κ2) is 39.2. The fraction of sp³-hybridized carbons (Fsp3) is 0.793. The van der Waals surface area contributed by atoms with Crippen LogP contribution in [0.4, 0.5) is 0 Å². The first-order chi connectivity index (χ1) is 40.8. The number of carbonyl (C=O) groups is 12. The van der Waals surface area contributed by atoms with Crippen molar-refractivity contribution in [1.29, 1.82) is 0 Å². The summed E-state index contributed by atoms with van der Waals surface area (Å²) >= 11 is 3.18. The molecule has 0 aliphatic heterocycles. The topological polar surface area (TPSA) is 448 Å². The van der Waals surface area contributed by atoms with Gasteiger partial charge in [0.05, 0.1) is 59.2 Å². The first-order valence-corrected chi connectivity index (χ1v) is 35.4. The Balaban J connectivity index is 12.5. The van der Waals surface area contributed by atoms with Crippen LogP contribution in [0.3, 0.4) is 0 Å². The Bertz CT molecular complexity index is 2270. The highest BCUT2D eigenvalue weighted by Crippen LogP contribution is 2.74. The van der Waals surface area contributed by atoms with Gasteiger partial charge in [-0.3, -0.25) is 57.5 Å². The van der Waals surface area contributed by atoms with Crippen molar-refractivity contribution >= 4 is 142 Å². The van der Waals surface area contributed by atoms with Crippen LogP contribution < -0.4 is 0 Å². The maximum atomic E-state index is 16.6. The average molecular weight is 1370 g/mol. The highest BCUT2D eigenvalue weighted by molar-refractivity contribution is 8.06. The smallest absolute Gasteiger partial charge is 0.321 e. The Morgan fingerprint density at radius 1 is 0.364 bits per heavy atom. The molecule has 506 valence electrons. The summed E-state index contributed by atoms with van der Waals surface area (Å²) < 4.78 is -3.48. The summed E-state index contributed by atoms with van der Waals surface area (Å²) in [5.74, 6) is -38.1. The number of thioether (sulfide) groups is 6. The molecule has 0 aliphatic carbocycles. The Morgan fingerprint density at radius 2 is 0.659 bits per heavy atom. The summed E-state index contributed by atoms with van der Waals surface area (Å²) in [5, 5.41) is 123. The van der Waals surface area contributed by atoms with Gasteiger partial charge >= 0.3 is 71.6 Å². The minimum Gasteiger partial charge on any atom is -0.481 e. The van der Waals surface area contributed by atoms with Gasteiger partial charge in [0.15, 0.2) is 0 Å². The molecule has 88 heavy (non-hydrogen) atoms. The molecule has 17 unspecified atom stereocenters. The number of rotatable bonds is 51. The molecule has 30 heteroatoms. The zero-order chi connectivity index (χ0) is 68.5. The SMILES string of the molecule is CCCC(SC(C(=O)O)(C(SCC(C)C(=O)O)C(C)C(=O)O)C(C(SCC(C)C(=O)O)C(C)C(=O)O)(C(SCC(C)C(=O)O)C(C)C(=O)O)C(C)(C(CC(CC)C(=O)O)SCCC(CC)C(=O)O)C(CC(CC)C(=O)O)SCCC(CC)C(=O)O)C(=O)O. The van der Waals surface area contributed by atoms with E-state index in [4.69, 9.17) is 0 Å². The van der Waals surface area contributed by atoms with Crippen molar-refractivity contribution in [2.45, 2.75) is 184 Å². The van der Waals surface area contributed by atoms with Crippen molar-refractivity contribution in [3.05, 3.63) is 0 Å². The summed E-state index contributed by atoms with van der Waals surface area (Å²) in [5.41, 5.74) is -5.84. The van der Waals surface area contributed by atoms with Crippen LogP contribution in [0.15, 0.2) is 0 Å². The van der Waals surface area contributed by atoms with Crippen LogP contribution in [0.5, 0.6) is 0 Å². The predicted molar refractivity (Wildman–Crippen MR) is 341 cm³/mol. The van der Waals surface area contributed by atoms with E-state index in [0.29, 0.717) is 35.3 Å². The maximum Gasteiger partial charge on any atom is 0.321 e. The van der Waals surface area contributed by atoms with E-state index in [-0.39, 0.29) is 68.2 Å². The second-order valence-electron chi connectivity index (χ2n) is 22.8. The lowest BCUT2D eigenvalue weighted by molar-refractivity contribution is -0.160. The second-order valence-corrected chi connectivity index (χ2v) is 30.4. The van der Waals surface area contributed by atoms with Gasteiger partial charge in [-0.25, -0.2) is 0 Å². The normalized spacial score (nSPS) is 19.4. The fourth-order valence-corrected chi connectivity index (χ4v) is 22.8. The Labute approximate surface area is 540 Å². The molecule has 24 nitrogen and oxygen atoms in total. The molecule has 0 rings (SSSR count). The molecule has 0 aliphatic rings. The molecular formula is C58H94O24S6. The molecule has 0 saturated carbocycles. The molecule has 0 saturated heterocycles. The van der Waals surface area contributed by atoms with Gasteiger partial charge in [-0.05, 0) is 69.3 Å². The molecule has 0 aromatic rings. The van der Waals surface area contributed by atoms with Gasteiger partial charge in [0, 0.05) is 54.3 Å². The minimum absolute atomic E-state index is 0.0205.